The van der Waals surface area contributed by atoms with Gasteiger partial charge in [-0.25, -0.2) is 8.78 Å². The molecule has 5 atom stereocenters. The summed E-state index contributed by atoms with van der Waals surface area (Å²) in [6, 6.07) is 0.629. The minimum absolute atomic E-state index is 0.409. The number of fused-ring (bicyclic) bond motifs is 5. The van der Waals surface area contributed by atoms with Crippen molar-refractivity contribution in [3.63, 3.8) is 0 Å². The summed E-state index contributed by atoms with van der Waals surface area (Å²) >= 11 is 0. The van der Waals surface area contributed by atoms with E-state index in [1.807, 2.05) is 0 Å². The van der Waals surface area contributed by atoms with Crippen LogP contribution in [0.1, 0.15) is 32.1 Å². The smallest absolute Gasteiger partial charge is 0.261 e. The van der Waals surface area contributed by atoms with Gasteiger partial charge in [-0.05, 0) is 49.4 Å². The molecule has 0 aromatic heterocycles. The molecule has 0 radical (unpaired) electrons. The van der Waals surface area contributed by atoms with Crippen LogP contribution in [0.5, 0.6) is 0 Å². The number of alkyl halides is 2. The van der Waals surface area contributed by atoms with Gasteiger partial charge in [0.2, 0.25) is 0 Å². The maximum atomic E-state index is 11.9. The zero-order valence-corrected chi connectivity index (χ0v) is 10.8. The first kappa shape index (κ1) is 12.8. The van der Waals surface area contributed by atoms with E-state index in [4.69, 9.17) is 4.74 Å². The largest absolute Gasteiger partial charge is 0.374 e. The Morgan fingerprint density at radius 1 is 1.11 bits per heavy atom. The Bertz CT molecular complexity index is 287. The zero-order chi connectivity index (χ0) is 12.5. The van der Waals surface area contributed by atoms with Crippen LogP contribution in [-0.2, 0) is 4.74 Å². The van der Waals surface area contributed by atoms with Crippen LogP contribution in [0, 0.1) is 23.7 Å². The molecular weight excluding hydrogens is 236 g/mol. The van der Waals surface area contributed by atoms with Crippen molar-refractivity contribution < 1.29 is 13.5 Å². The molecule has 0 heterocycles. The van der Waals surface area contributed by atoms with Crippen LogP contribution in [0.15, 0.2) is 0 Å². The Kier molecular flexibility index (Phi) is 3.85. The predicted molar refractivity (Wildman–Crippen MR) is 65.7 cm³/mol. The molecule has 0 aromatic carbocycles. The molecule has 0 saturated heterocycles. The summed E-state index contributed by atoms with van der Waals surface area (Å²) in [5.41, 5.74) is 0. The van der Waals surface area contributed by atoms with E-state index in [1.165, 1.54) is 32.1 Å². The highest BCUT2D eigenvalue weighted by Gasteiger charge is 2.53. The highest BCUT2D eigenvalue weighted by Crippen LogP contribution is 2.58. The normalized spacial score (nSPS) is 41.8. The van der Waals surface area contributed by atoms with Gasteiger partial charge in [0.05, 0.1) is 6.61 Å². The van der Waals surface area contributed by atoms with Gasteiger partial charge in [-0.2, -0.15) is 0 Å². The Morgan fingerprint density at radius 3 is 2.78 bits per heavy atom. The molecule has 3 rings (SSSR count). The number of halogens is 2. The summed E-state index contributed by atoms with van der Waals surface area (Å²) in [4.78, 5) is 0. The quantitative estimate of drug-likeness (QED) is 0.740. The fourth-order valence-electron chi connectivity index (χ4n) is 4.79. The Balaban J connectivity index is 1.38. The van der Waals surface area contributed by atoms with E-state index in [-0.39, 0.29) is 0 Å². The minimum atomic E-state index is -2.34. The Labute approximate surface area is 107 Å². The maximum Gasteiger partial charge on any atom is 0.261 e. The van der Waals surface area contributed by atoms with Gasteiger partial charge in [-0.1, -0.05) is 6.42 Å². The predicted octanol–water partition coefficient (Wildman–Crippen LogP) is 2.68. The van der Waals surface area contributed by atoms with Gasteiger partial charge < -0.3 is 10.1 Å². The number of ether oxygens (including phenoxy) is 1. The first-order chi connectivity index (χ1) is 8.75. The average Bonchev–Trinajstić information content (AvgIpc) is 2.99. The molecule has 18 heavy (non-hydrogen) atoms. The molecular formula is C14H23F2NO. The van der Waals surface area contributed by atoms with Crippen molar-refractivity contribution in [3.05, 3.63) is 0 Å². The van der Waals surface area contributed by atoms with Crippen molar-refractivity contribution in [3.8, 4) is 0 Å². The maximum absolute atomic E-state index is 11.9. The van der Waals surface area contributed by atoms with E-state index in [9.17, 15) is 8.78 Å². The van der Waals surface area contributed by atoms with Gasteiger partial charge in [0, 0.05) is 12.6 Å². The second-order valence-electron chi connectivity index (χ2n) is 6.18. The molecule has 4 heteroatoms. The summed E-state index contributed by atoms with van der Waals surface area (Å²) in [7, 11) is 0. The molecule has 2 nitrogen and oxygen atoms in total. The van der Waals surface area contributed by atoms with Crippen LogP contribution >= 0.6 is 0 Å². The molecule has 3 fully saturated rings. The van der Waals surface area contributed by atoms with Crippen molar-refractivity contribution >= 4 is 0 Å². The molecule has 3 saturated carbocycles. The average molecular weight is 259 g/mol. The molecule has 0 amide bonds. The third kappa shape index (κ3) is 2.42. The second kappa shape index (κ2) is 5.41. The highest BCUT2D eigenvalue weighted by molar-refractivity contribution is 5.05. The fraction of sp³-hybridized carbons (Fsp3) is 1.00. The molecule has 1 N–H and O–H groups in total. The SMILES string of the molecule is FC(F)COCCNC1CC2CC1C1CCCC21. The third-order valence-corrected chi connectivity index (χ3v) is 5.33. The van der Waals surface area contributed by atoms with E-state index in [2.05, 4.69) is 5.32 Å². The van der Waals surface area contributed by atoms with E-state index < -0.39 is 13.0 Å². The van der Waals surface area contributed by atoms with Crippen LogP contribution in [-0.4, -0.2) is 32.2 Å². The summed E-state index contributed by atoms with van der Waals surface area (Å²) < 4.78 is 28.7. The summed E-state index contributed by atoms with van der Waals surface area (Å²) in [5, 5.41) is 3.53. The number of nitrogens with one attached hydrogen (secondary N) is 1. The lowest BCUT2D eigenvalue weighted by Gasteiger charge is -2.32. The molecule has 5 unspecified atom stereocenters. The Hall–Kier alpha value is -0.220. The number of hydrogen-bond acceptors (Lipinski definition) is 2. The van der Waals surface area contributed by atoms with Crippen molar-refractivity contribution in [2.75, 3.05) is 19.8 Å². The number of rotatable bonds is 6. The lowest BCUT2D eigenvalue weighted by molar-refractivity contribution is 0.0174. The number of hydrogen-bond donors (Lipinski definition) is 1. The van der Waals surface area contributed by atoms with Crippen LogP contribution in [0.4, 0.5) is 8.78 Å². The topological polar surface area (TPSA) is 21.3 Å². The molecule has 0 aliphatic heterocycles. The van der Waals surface area contributed by atoms with Gasteiger partial charge in [0.15, 0.2) is 0 Å². The lowest BCUT2D eigenvalue weighted by atomic mass is 9.79. The second-order valence-corrected chi connectivity index (χ2v) is 6.18. The van der Waals surface area contributed by atoms with Crippen LogP contribution in [0.2, 0.25) is 0 Å². The zero-order valence-electron chi connectivity index (χ0n) is 10.8. The molecule has 0 aromatic rings. The van der Waals surface area contributed by atoms with Gasteiger partial charge in [-0.3, -0.25) is 0 Å². The van der Waals surface area contributed by atoms with Gasteiger partial charge >= 0.3 is 0 Å². The van der Waals surface area contributed by atoms with Crippen molar-refractivity contribution in [1.29, 1.82) is 0 Å². The van der Waals surface area contributed by atoms with Crippen molar-refractivity contribution in [1.82, 2.24) is 5.32 Å². The summed E-state index contributed by atoms with van der Waals surface area (Å²) in [6.45, 7) is 0.702. The van der Waals surface area contributed by atoms with Crippen molar-refractivity contribution in [2.24, 2.45) is 23.7 Å². The molecule has 3 aliphatic rings. The first-order valence-electron chi connectivity index (χ1n) is 7.35. The summed E-state index contributed by atoms with van der Waals surface area (Å²) in [5.74, 6) is 3.78. The highest BCUT2D eigenvalue weighted by atomic mass is 19.3. The Morgan fingerprint density at radius 2 is 1.94 bits per heavy atom. The molecule has 2 bridgehead atoms. The van der Waals surface area contributed by atoms with Crippen LogP contribution in [0.3, 0.4) is 0 Å². The van der Waals surface area contributed by atoms with Crippen LogP contribution < -0.4 is 5.32 Å². The van der Waals surface area contributed by atoms with E-state index >= 15 is 0 Å². The lowest BCUT2D eigenvalue weighted by Crippen LogP contribution is -2.40. The molecule has 3 aliphatic carbocycles. The fourth-order valence-corrected chi connectivity index (χ4v) is 4.79. The van der Waals surface area contributed by atoms with E-state index in [1.54, 1.807) is 0 Å². The standard InChI is InChI=1S/C14H23F2NO/c15-14(16)8-18-5-4-17-13-7-9-6-12(13)11-3-1-2-10(9)11/h9-14,17H,1-8H2. The van der Waals surface area contributed by atoms with Gasteiger partial charge in [0.25, 0.3) is 6.43 Å². The van der Waals surface area contributed by atoms with E-state index in [0.717, 1.165) is 30.2 Å². The van der Waals surface area contributed by atoms with Gasteiger partial charge in [-0.15, -0.1) is 0 Å². The minimum Gasteiger partial charge on any atom is -0.374 e. The van der Waals surface area contributed by atoms with Crippen LogP contribution in [0.25, 0.3) is 0 Å². The third-order valence-electron chi connectivity index (χ3n) is 5.33. The van der Waals surface area contributed by atoms with Gasteiger partial charge in [0.1, 0.15) is 6.61 Å². The monoisotopic (exact) mass is 259 g/mol. The molecule has 104 valence electrons. The van der Waals surface area contributed by atoms with E-state index in [0.29, 0.717) is 12.6 Å². The first-order valence-corrected chi connectivity index (χ1v) is 7.35. The summed E-state index contributed by atoms with van der Waals surface area (Å²) in [6.07, 6.45) is 4.67. The molecule has 0 spiro atoms. The van der Waals surface area contributed by atoms with Crippen molar-refractivity contribution in [2.45, 2.75) is 44.6 Å².